The third-order valence-corrected chi connectivity index (χ3v) is 3.13. The first-order valence-corrected chi connectivity index (χ1v) is 6.72. The normalized spacial score (nSPS) is 16.1. The van der Waals surface area contributed by atoms with Crippen molar-refractivity contribution in [2.45, 2.75) is 19.3 Å². The highest BCUT2D eigenvalue weighted by atomic mass is 16.2. The fraction of sp³-hybridized carbons (Fsp3) is 0.769. The maximum absolute atomic E-state index is 12.2. The lowest BCUT2D eigenvalue weighted by atomic mass is 10.3. The van der Waals surface area contributed by atoms with Crippen LogP contribution >= 0.6 is 0 Å². The van der Waals surface area contributed by atoms with Crippen LogP contribution in [0.15, 0.2) is 0 Å². The van der Waals surface area contributed by atoms with Crippen LogP contribution in [0.2, 0.25) is 0 Å². The first-order valence-electron chi connectivity index (χ1n) is 6.72. The van der Waals surface area contributed by atoms with E-state index in [4.69, 9.17) is 10.5 Å². The number of nitrogens with one attached hydrogen (secondary N) is 1. The Balaban J connectivity index is 2.45. The van der Waals surface area contributed by atoms with Crippen LogP contribution in [0.25, 0.3) is 0 Å². The average molecular weight is 263 g/mol. The monoisotopic (exact) mass is 263 g/mol. The lowest BCUT2D eigenvalue weighted by Gasteiger charge is -2.25. The standard InChI is InChI=1S/C13H21N5O/c14-4-1-9-18(10-2-5-15)13(19)12-17-8-3-6-16-7-11-17/h16H,1-3,6-12H2. The largest absolute Gasteiger partial charge is 0.340 e. The van der Waals surface area contributed by atoms with Gasteiger partial charge in [-0.15, -0.1) is 0 Å². The van der Waals surface area contributed by atoms with Gasteiger partial charge in [0.2, 0.25) is 5.91 Å². The van der Waals surface area contributed by atoms with Gasteiger partial charge in [0.1, 0.15) is 0 Å². The van der Waals surface area contributed by atoms with Crippen molar-refractivity contribution in [3.8, 4) is 12.1 Å². The van der Waals surface area contributed by atoms with E-state index in [0.717, 1.165) is 32.6 Å². The molecule has 0 bridgehead atoms. The van der Waals surface area contributed by atoms with Crippen LogP contribution in [0, 0.1) is 22.7 Å². The van der Waals surface area contributed by atoms with E-state index in [0.29, 0.717) is 32.5 Å². The van der Waals surface area contributed by atoms with Gasteiger partial charge in [-0.2, -0.15) is 10.5 Å². The Hall–Kier alpha value is -1.63. The first kappa shape index (κ1) is 15.4. The molecule has 1 heterocycles. The highest BCUT2D eigenvalue weighted by Gasteiger charge is 2.17. The van der Waals surface area contributed by atoms with Gasteiger partial charge in [-0.1, -0.05) is 0 Å². The Bertz CT molecular complexity index is 331. The van der Waals surface area contributed by atoms with Crippen LogP contribution in [0.5, 0.6) is 0 Å². The van der Waals surface area contributed by atoms with Gasteiger partial charge in [0, 0.05) is 26.2 Å². The van der Waals surface area contributed by atoms with E-state index in [1.165, 1.54) is 0 Å². The quantitative estimate of drug-likeness (QED) is 0.725. The van der Waals surface area contributed by atoms with Crippen molar-refractivity contribution >= 4 is 5.91 Å². The molecule has 1 amide bonds. The molecule has 0 aromatic rings. The number of carbonyl (C=O) groups is 1. The highest BCUT2D eigenvalue weighted by Crippen LogP contribution is 2.00. The molecule has 1 saturated heterocycles. The Kier molecular flexibility index (Phi) is 7.57. The Morgan fingerprint density at radius 1 is 1.16 bits per heavy atom. The summed E-state index contributed by atoms with van der Waals surface area (Å²) in [5.41, 5.74) is 0. The van der Waals surface area contributed by atoms with Gasteiger partial charge >= 0.3 is 0 Å². The predicted octanol–water partition coefficient (Wildman–Crippen LogP) is -0.0623. The van der Waals surface area contributed by atoms with Crippen LogP contribution in [0.1, 0.15) is 19.3 Å². The summed E-state index contributed by atoms with van der Waals surface area (Å²) in [4.78, 5) is 15.9. The van der Waals surface area contributed by atoms with E-state index in [1.807, 2.05) is 12.1 Å². The molecule has 0 radical (unpaired) electrons. The van der Waals surface area contributed by atoms with Gasteiger partial charge in [-0.25, -0.2) is 0 Å². The van der Waals surface area contributed by atoms with Crippen molar-refractivity contribution in [3.63, 3.8) is 0 Å². The van der Waals surface area contributed by atoms with E-state index in [9.17, 15) is 4.79 Å². The molecular weight excluding hydrogens is 242 g/mol. The van der Waals surface area contributed by atoms with Gasteiger partial charge in [0.15, 0.2) is 0 Å². The summed E-state index contributed by atoms with van der Waals surface area (Å²) >= 11 is 0. The fourth-order valence-electron chi connectivity index (χ4n) is 2.08. The Labute approximate surface area is 114 Å². The van der Waals surface area contributed by atoms with E-state index in [1.54, 1.807) is 4.90 Å². The second-order valence-corrected chi connectivity index (χ2v) is 4.58. The molecule has 1 rings (SSSR count). The Morgan fingerprint density at radius 3 is 2.47 bits per heavy atom. The summed E-state index contributed by atoms with van der Waals surface area (Å²) in [5.74, 6) is 0.0207. The molecule has 0 aromatic heterocycles. The average Bonchev–Trinajstić information content (AvgIpc) is 2.67. The molecule has 0 aliphatic carbocycles. The van der Waals surface area contributed by atoms with Crippen molar-refractivity contribution in [2.75, 3.05) is 45.8 Å². The third kappa shape index (κ3) is 6.19. The van der Waals surface area contributed by atoms with Crippen molar-refractivity contribution in [1.82, 2.24) is 15.1 Å². The number of carbonyl (C=O) groups excluding carboxylic acids is 1. The summed E-state index contributed by atoms with van der Waals surface area (Å²) in [6.07, 6.45) is 1.68. The lowest BCUT2D eigenvalue weighted by molar-refractivity contribution is -0.132. The molecule has 6 nitrogen and oxygen atoms in total. The van der Waals surface area contributed by atoms with Gasteiger partial charge in [0.05, 0.1) is 31.5 Å². The molecular formula is C13H21N5O. The molecule has 0 atom stereocenters. The minimum absolute atomic E-state index is 0.0207. The van der Waals surface area contributed by atoms with Crippen molar-refractivity contribution < 1.29 is 4.79 Å². The number of rotatable bonds is 6. The van der Waals surface area contributed by atoms with Crippen molar-refractivity contribution in [3.05, 3.63) is 0 Å². The first-order chi connectivity index (χ1) is 9.27. The highest BCUT2D eigenvalue weighted by molar-refractivity contribution is 5.78. The lowest BCUT2D eigenvalue weighted by Crippen LogP contribution is -2.42. The SMILES string of the molecule is N#CCCN(CCC#N)C(=O)CN1CCCNCC1. The summed E-state index contributed by atoms with van der Waals surface area (Å²) in [6, 6.07) is 4.09. The molecule has 1 aliphatic heterocycles. The van der Waals surface area contributed by atoms with Crippen LogP contribution in [0.4, 0.5) is 0 Å². The van der Waals surface area contributed by atoms with Crippen molar-refractivity contribution in [2.24, 2.45) is 0 Å². The molecule has 6 heteroatoms. The number of amides is 1. The van der Waals surface area contributed by atoms with Gasteiger partial charge < -0.3 is 10.2 Å². The van der Waals surface area contributed by atoms with Crippen LogP contribution in [0.3, 0.4) is 0 Å². The molecule has 0 unspecified atom stereocenters. The molecule has 1 aliphatic rings. The topological polar surface area (TPSA) is 83.2 Å². The molecule has 1 N–H and O–H groups in total. The summed E-state index contributed by atoms with van der Waals surface area (Å²) in [6.45, 7) is 4.92. The number of hydrogen-bond donors (Lipinski definition) is 1. The molecule has 0 saturated carbocycles. The van der Waals surface area contributed by atoms with Gasteiger partial charge in [-0.05, 0) is 19.5 Å². The van der Waals surface area contributed by atoms with Gasteiger partial charge in [0.25, 0.3) is 0 Å². The summed E-state index contributed by atoms with van der Waals surface area (Å²) < 4.78 is 0. The van der Waals surface area contributed by atoms with E-state index in [2.05, 4.69) is 10.2 Å². The molecule has 0 spiro atoms. The molecule has 1 fully saturated rings. The number of hydrogen-bond acceptors (Lipinski definition) is 5. The second kappa shape index (κ2) is 9.32. The van der Waals surface area contributed by atoms with Crippen LogP contribution in [-0.4, -0.2) is 61.5 Å². The zero-order valence-corrected chi connectivity index (χ0v) is 11.3. The minimum Gasteiger partial charge on any atom is -0.340 e. The van der Waals surface area contributed by atoms with Crippen molar-refractivity contribution in [1.29, 1.82) is 10.5 Å². The van der Waals surface area contributed by atoms with Crippen LogP contribution < -0.4 is 5.32 Å². The zero-order chi connectivity index (χ0) is 13.9. The second-order valence-electron chi connectivity index (χ2n) is 4.58. The zero-order valence-electron chi connectivity index (χ0n) is 11.3. The molecule has 0 aromatic carbocycles. The van der Waals surface area contributed by atoms with E-state index in [-0.39, 0.29) is 5.91 Å². The maximum atomic E-state index is 12.2. The minimum atomic E-state index is 0.0207. The molecule has 104 valence electrons. The molecule has 19 heavy (non-hydrogen) atoms. The smallest absolute Gasteiger partial charge is 0.236 e. The summed E-state index contributed by atoms with van der Waals surface area (Å²) in [5, 5.41) is 20.5. The van der Waals surface area contributed by atoms with Crippen LogP contribution in [-0.2, 0) is 4.79 Å². The summed E-state index contributed by atoms with van der Waals surface area (Å²) in [7, 11) is 0. The van der Waals surface area contributed by atoms with E-state index >= 15 is 0 Å². The van der Waals surface area contributed by atoms with E-state index < -0.39 is 0 Å². The third-order valence-electron chi connectivity index (χ3n) is 3.13. The maximum Gasteiger partial charge on any atom is 0.236 e. The predicted molar refractivity (Wildman–Crippen MR) is 71.0 cm³/mol. The number of nitriles is 2. The van der Waals surface area contributed by atoms with Gasteiger partial charge in [-0.3, -0.25) is 9.69 Å². The number of nitrogens with zero attached hydrogens (tertiary/aromatic N) is 4. The fourth-order valence-corrected chi connectivity index (χ4v) is 2.08. The Morgan fingerprint density at radius 2 is 1.84 bits per heavy atom.